The normalized spacial score (nSPS) is 14.5. The molecule has 0 spiro atoms. The third-order valence-corrected chi connectivity index (χ3v) is 5.77. The topological polar surface area (TPSA) is 50.1 Å². The first kappa shape index (κ1) is 21.5. The molecule has 0 saturated carbocycles. The Morgan fingerprint density at radius 3 is 2.44 bits per heavy atom. The molecule has 0 saturated heterocycles. The van der Waals surface area contributed by atoms with Crippen LogP contribution >= 0.6 is 0 Å². The number of rotatable bonds is 7. The molecule has 0 fully saturated rings. The van der Waals surface area contributed by atoms with E-state index in [4.69, 9.17) is 5.73 Å². The van der Waals surface area contributed by atoms with Gasteiger partial charge in [-0.05, 0) is 59.7 Å². The molecule has 1 aliphatic heterocycles. The molecule has 3 heteroatoms. The van der Waals surface area contributed by atoms with Crippen molar-refractivity contribution < 1.29 is 0 Å². The van der Waals surface area contributed by atoms with Gasteiger partial charge in [-0.1, -0.05) is 78.9 Å². The summed E-state index contributed by atoms with van der Waals surface area (Å²) >= 11 is 0. The summed E-state index contributed by atoms with van der Waals surface area (Å²) < 4.78 is 0. The molecular formula is C29H31N3. The van der Waals surface area contributed by atoms with Crippen LogP contribution in [0.2, 0.25) is 0 Å². The monoisotopic (exact) mass is 421 g/mol. The molecule has 4 rings (SSSR count). The lowest BCUT2D eigenvalue weighted by molar-refractivity contribution is 0.654. The standard InChI is InChI=1S/C29H31N3/c1-22(23-9-4-2-5-10-23)19-26(16-18-32-27-13-8-17-31-21-27)25-14-15-29(30)28(20-25)24-11-6-3-7-12-24/h2-7,9-12,14-16,19-21,31-32H,8,13,17-18,30H2,1H3/b22-19+,26-16+. The van der Waals surface area contributed by atoms with Crippen molar-refractivity contribution in [3.63, 3.8) is 0 Å². The van der Waals surface area contributed by atoms with E-state index in [9.17, 15) is 0 Å². The molecule has 0 aromatic heterocycles. The fourth-order valence-electron chi connectivity index (χ4n) is 3.96. The second-order valence-corrected chi connectivity index (χ2v) is 8.13. The Labute approximate surface area is 191 Å². The number of benzene rings is 3. The molecule has 0 bridgehead atoms. The van der Waals surface area contributed by atoms with Crippen LogP contribution in [0.3, 0.4) is 0 Å². The van der Waals surface area contributed by atoms with E-state index in [2.05, 4.69) is 90.5 Å². The summed E-state index contributed by atoms with van der Waals surface area (Å²) in [5, 5.41) is 6.88. The Morgan fingerprint density at radius 2 is 1.72 bits per heavy atom. The lowest BCUT2D eigenvalue weighted by atomic mass is 9.95. The predicted octanol–water partition coefficient (Wildman–Crippen LogP) is 6.24. The van der Waals surface area contributed by atoms with Crippen LogP contribution in [0.4, 0.5) is 5.69 Å². The highest BCUT2D eigenvalue weighted by atomic mass is 14.9. The Bertz CT molecular complexity index is 1130. The quantitative estimate of drug-likeness (QED) is 0.313. The maximum atomic E-state index is 6.35. The van der Waals surface area contributed by atoms with Gasteiger partial charge in [-0.3, -0.25) is 0 Å². The van der Waals surface area contributed by atoms with Crippen LogP contribution in [0.15, 0.2) is 103 Å². The predicted molar refractivity (Wildman–Crippen MR) is 138 cm³/mol. The van der Waals surface area contributed by atoms with Gasteiger partial charge in [0.2, 0.25) is 0 Å². The largest absolute Gasteiger partial charge is 0.398 e. The Morgan fingerprint density at radius 1 is 0.969 bits per heavy atom. The summed E-state index contributed by atoms with van der Waals surface area (Å²) in [5.41, 5.74) is 15.4. The third-order valence-electron chi connectivity index (χ3n) is 5.77. The van der Waals surface area contributed by atoms with Gasteiger partial charge in [0.15, 0.2) is 0 Å². The van der Waals surface area contributed by atoms with Gasteiger partial charge >= 0.3 is 0 Å². The lowest BCUT2D eigenvalue weighted by Crippen LogP contribution is -2.22. The molecule has 1 aliphatic rings. The van der Waals surface area contributed by atoms with Gasteiger partial charge in [0.25, 0.3) is 0 Å². The second-order valence-electron chi connectivity index (χ2n) is 8.13. The molecule has 3 aromatic rings. The first-order chi connectivity index (χ1) is 15.7. The molecule has 3 nitrogen and oxygen atoms in total. The van der Waals surface area contributed by atoms with Gasteiger partial charge in [-0.25, -0.2) is 0 Å². The van der Waals surface area contributed by atoms with E-state index < -0.39 is 0 Å². The number of nitrogens with two attached hydrogens (primary N) is 1. The number of hydrogen-bond acceptors (Lipinski definition) is 3. The van der Waals surface area contributed by atoms with Crippen molar-refractivity contribution >= 4 is 16.8 Å². The highest BCUT2D eigenvalue weighted by Gasteiger charge is 2.08. The maximum absolute atomic E-state index is 6.35. The van der Waals surface area contributed by atoms with Gasteiger partial charge in [0.05, 0.1) is 0 Å². The highest BCUT2D eigenvalue weighted by molar-refractivity contribution is 5.87. The van der Waals surface area contributed by atoms with Crippen molar-refractivity contribution in [3.05, 3.63) is 114 Å². The minimum Gasteiger partial charge on any atom is -0.398 e. The van der Waals surface area contributed by atoms with Gasteiger partial charge in [0.1, 0.15) is 0 Å². The molecule has 1 heterocycles. The van der Waals surface area contributed by atoms with Crippen LogP contribution in [-0.4, -0.2) is 13.1 Å². The summed E-state index contributed by atoms with van der Waals surface area (Å²) in [6.07, 6.45) is 8.89. The van der Waals surface area contributed by atoms with Gasteiger partial charge in [0, 0.05) is 36.2 Å². The fourth-order valence-corrected chi connectivity index (χ4v) is 3.96. The van der Waals surface area contributed by atoms with Crippen LogP contribution in [0.1, 0.15) is 30.9 Å². The number of allylic oxidation sites excluding steroid dienone is 4. The average Bonchev–Trinajstić information content (AvgIpc) is 2.85. The van der Waals surface area contributed by atoms with Gasteiger partial charge in [-0.2, -0.15) is 0 Å². The summed E-state index contributed by atoms with van der Waals surface area (Å²) in [7, 11) is 0. The fraction of sp³-hybridized carbons (Fsp3) is 0.172. The third kappa shape index (κ3) is 5.50. The van der Waals surface area contributed by atoms with E-state index >= 15 is 0 Å². The maximum Gasteiger partial charge on any atom is 0.0394 e. The number of hydrogen-bond donors (Lipinski definition) is 3. The molecule has 4 N–H and O–H groups in total. The van der Waals surface area contributed by atoms with Crippen molar-refractivity contribution in [3.8, 4) is 11.1 Å². The van der Waals surface area contributed by atoms with Crippen LogP contribution in [0, 0.1) is 0 Å². The van der Waals surface area contributed by atoms with Crippen molar-refractivity contribution in [2.45, 2.75) is 19.8 Å². The summed E-state index contributed by atoms with van der Waals surface area (Å²) in [6, 6.07) is 27.2. The first-order valence-electron chi connectivity index (χ1n) is 11.3. The Balaban J connectivity index is 1.68. The zero-order valence-electron chi connectivity index (χ0n) is 18.6. The van der Waals surface area contributed by atoms with Crippen LogP contribution < -0.4 is 16.4 Å². The average molecular weight is 422 g/mol. The van der Waals surface area contributed by atoms with Crippen LogP contribution in [-0.2, 0) is 0 Å². The van der Waals surface area contributed by atoms with E-state index in [1.165, 1.54) is 28.8 Å². The molecule has 0 unspecified atom stereocenters. The van der Waals surface area contributed by atoms with Crippen molar-refractivity contribution in [2.24, 2.45) is 0 Å². The number of nitrogens with one attached hydrogen (secondary N) is 2. The van der Waals surface area contributed by atoms with E-state index in [1.54, 1.807) is 0 Å². The smallest absolute Gasteiger partial charge is 0.0394 e. The molecular weight excluding hydrogens is 390 g/mol. The van der Waals surface area contributed by atoms with Crippen LogP contribution in [0.25, 0.3) is 22.3 Å². The van der Waals surface area contributed by atoms with E-state index in [0.29, 0.717) is 0 Å². The van der Waals surface area contributed by atoms with Crippen molar-refractivity contribution in [1.82, 2.24) is 10.6 Å². The number of nitrogen functional groups attached to an aromatic ring is 1. The summed E-state index contributed by atoms with van der Waals surface area (Å²) in [6.45, 7) is 3.99. The minimum absolute atomic E-state index is 0.770. The molecule has 162 valence electrons. The zero-order valence-corrected chi connectivity index (χ0v) is 18.6. The summed E-state index contributed by atoms with van der Waals surface area (Å²) in [5.74, 6) is 0. The molecule has 32 heavy (non-hydrogen) atoms. The van der Waals surface area contributed by atoms with Gasteiger partial charge in [-0.15, -0.1) is 0 Å². The summed E-state index contributed by atoms with van der Waals surface area (Å²) in [4.78, 5) is 0. The molecule has 0 aliphatic carbocycles. The minimum atomic E-state index is 0.770. The van der Waals surface area contributed by atoms with E-state index in [-0.39, 0.29) is 0 Å². The second kappa shape index (κ2) is 10.5. The lowest BCUT2D eigenvalue weighted by Gasteiger charge is -2.16. The SMILES string of the molecule is C/C(=C\C(=C/CNC1=CNCCC1)c1ccc(N)c(-c2ccccc2)c1)c1ccccc1. The number of anilines is 1. The first-order valence-corrected chi connectivity index (χ1v) is 11.3. The van der Waals surface area contributed by atoms with Gasteiger partial charge < -0.3 is 16.4 Å². The molecule has 0 amide bonds. The van der Waals surface area contributed by atoms with E-state index in [0.717, 1.165) is 41.9 Å². The molecule has 0 atom stereocenters. The zero-order chi connectivity index (χ0) is 22.2. The Kier molecular flexibility index (Phi) is 7.08. The molecule has 0 radical (unpaired) electrons. The molecule has 3 aromatic carbocycles. The Hall–Kier alpha value is -3.72. The van der Waals surface area contributed by atoms with Crippen molar-refractivity contribution in [1.29, 1.82) is 0 Å². The van der Waals surface area contributed by atoms with Crippen molar-refractivity contribution in [2.75, 3.05) is 18.8 Å². The highest BCUT2D eigenvalue weighted by Crippen LogP contribution is 2.31. The van der Waals surface area contributed by atoms with E-state index in [1.807, 2.05) is 24.3 Å². The van der Waals surface area contributed by atoms with Crippen LogP contribution in [0.5, 0.6) is 0 Å².